The van der Waals surface area contributed by atoms with Crippen molar-refractivity contribution in [3.05, 3.63) is 41.8 Å². The van der Waals surface area contributed by atoms with Crippen molar-refractivity contribution in [2.24, 2.45) is 0 Å². The quantitative estimate of drug-likeness (QED) is 0.878. The van der Waals surface area contributed by atoms with E-state index in [4.69, 9.17) is 4.52 Å². The molecule has 1 N–H and O–H groups in total. The summed E-state index contributed by atoms with van der Waals surface area (Å²) in [6.07, 6.45) is 2.26. The Bertz CT molecular complexity index is 590. The monoisotopic (exact) mass is 294 g/mol. The Morgan fingerprint density at radius 2 is 2.20 bits per heavy atom. The van der Waals surface area contributed by atoms with Crippen molar-refractivity contribution in [1.82, 2.24) is 10.1 Å². The number of aromatic nitrogens is 2. The molecule has 0 saturated heterocycles. The molecule has 0 amide bonds. The first-order valence-corrected chi connectivity index (χ1v) is 7.60. The van der Waals surface area contributed by atoms with E-state index in [9.17, 15) is 9.50 Å². The fourth-order valence-electron chi connectivity index (χ4n) is 2.41. The normalized spacial score (nSPS) is 22.3. The van der Waals surface area contributed by atoms with Crippen LogP contribution in [0.25, 0.3) is 0 Å². The lowest BCUT2D eigenvalue weighted by Crippen LogP contribution is -2.11. The van der Waals surface area contributed by atoms with E-state index in [1.165, 1.54) is 17.8 Å². The van der Waals surface area contributed by atoms with E-state index in [1.54, 1.807) is 18.2 Å². The molecular weight excluding hydrogens is 279 g/mol. The standard InChI is InChI=1S/C14H15FN2O2S/c15-10-5-1-2-7-12(10)20-8-13-16-14(19-17-13)9-4-3-6-11(9)18/h1-2,5,7,9,11,18H,3-4,6,8H2. The third-order valence-corrected chi connectivity index (χ3v) is 4.52. The first-order valence-electron chi connectivity index (χ1n) is 6.62. The largest absolute Gasteiger partial charge is 0.392 e. The number of nitrogens with zero attached hydrogens (tertiary/aromatic N) is 2. The van der Waals surface area contributed by atoms with Crippen LogP contribution < -0.4 is 0 Å². The molecule has 1 fully saturated rings. The highest BCUT2D eigenvalue weighted by atomic mass is 32.2. The van der Waals surface area contributed by atoms with Crippen LogP contribution in [0.4, 0.5) is 4.39 Å². The number of benzene rings is 1. The van der Waals surface area contributed by atoms with Crippen LogP contribution in [0, 0.1) is 5.82 Å². The van der Waals surface area contributed by atoms with Crippen LogP contribution in [-0.2, 0) is 5.75 Å². The number of halogens is 1. The third kappa shape index (κ3) is 2.86. The van der Waals surface area contributed by atoms with Gasteiger partial charge in [-0.05, 0) is 31.4 Å². The van der Waals surface area contributed by atoms with Gasteiger partial charge in [0.25, 0.3) is 0 Å². The maximum atomic E-state index is 13.5. The zero-order valence-electron chi connectivity index (χ0n) is 10.8. The molecule has 4 nitrogen and oxygen atoms in total. The van der Waals surface area contributed by atoms with Gasteiger partial charge in [0.15, 0.2) is 5.82 Å². The summed E-state index contributed by atoms with van der Waals surface area (Å²) in [5.41, 5.74) is 0. The molecule has 6 heteroatoms. The summed E-state index contributed by atoms with van der Waals surface area (Å²) >= 11 is 1.33. The van der Waals surface area contributed by atoms with Crippen molar-refractivity contribution in [2.45, 2.75) is 41.9 Å². The summed E-state index contributed by atoms with van der Waals surface area (Å²) in [7, 11) is 0. The molecule has 2 atom stereocenters. The van der Waals surface area contributed by atoms with Crippen molar-refractivity contribution in [1.29, 1.82) is 0 Å². The van der Waals surface area contributed by atoms with Gasteiger partial charge in [-0.25, -0.2) is 4.39 Å². The first-order chi connectivity index (χ1) is 9.74. The number of aliphatic hydroxyl groups excluding tert-OH is 1. The molecule has 3 rings (SSSR count). The Labute approximate surface area is 120 Å². The molecule has 20 heavy (non-hydrogen) atoms. The highest BCUT2D eigenvalue weighted by molar-refractivity contribution is 7.98. The summed E-state index contributed by atoms with van der Waals surface area (Å²) in [5, 5.41) is 13.7. The van der Waals surface area contributed by atoms with Crippen molar-refractivity contribution in [3.63, 3.8) is 0 Å². The average molecular weight is 294 g/mol. The van der Waals surface area contributed by atoms with Crippen LogP contribution >= 0.6 is 11.8 Å². The summed E-state index contributed by atoms with van der Waals surface area (Å²) in [5.74, 6) is 1.20. The third-order valence-electron chi connectivity index (χ3n) is 3.47. The molecule has 2 aromatic rings. The number of hydrogen-bond donors (Lipinski definition) is 1. The van der Waals surface area contributed by atoms with Crippen molar-refractivity contribution < 1.29 is 14.0 Å². The van der Waals surface area contributed by atoms with Crippen LogP contribution in [0.15, 0.2) is 33.7 Å². The molecule has 1 aromatic carbocycles. The minimum Gasteiger partial charge on any atom is -0.392 e. The van der Waals surface area contributed by atoms with Gasteiger partial charge in [0.1, 0.15) is 5.82 Å². The summed E-state index contributed by atoms with van der Waals surface area (Å²) in [6, 6.07) is 6.61. The molecule has 0 bridgehead atoms. The van der Waals surface area contributed by atoms with Gasteiger partial charge in [0.2, 0.25) is 5.89 Å². The van der Waals surface area contributed by atoms with Gasteiger partial charge in [-0.2, -0.15) is 4.98 Å². The van der Waals surface area contributed by atoms with Crippen molar-refractivity contribution >= 4 is 11.8 Å². The van der Waals surface area contributed by atoms with E-state index in [0.717, 1.165) is 19.3 Å². The Kier molecular flexibility index (Phi) is 4.03. The molecule has 0 spiro atoms. The summed E-state index contributed by atoms with van der Waals surface area (Å²) in [6.45, 7) is 0. The smallest absolute Gasteiger partial charge is 0.232 e. The molecule has 0 aliphatic heterocycles. The van der Waals surface area contributed by atoms with Gasteiger partial charge >= 0.3 is 0 Å². The van der Waals surface area contributed by atoms with E-state index in [1.807, 2.05) is 0 Å². The van der Waals surface area contributed by atoms with Gasteiger partial charge < -0.3 is 9.63 Å². The van der Waals surface area contributed by atoms with Crippen molar-refractivity contribution in [3.8, 4) is 0 Å². The van der Waals surface area contributed by atoms with Crippen LogP contribution in [0.3, 0.4) is 0 Å². The molecule has 106 valence electrons. The van der Waals surface area contributed by atoms with E-state index in [-0.39, 0.29) is 17.8 Å². The van der Waals surface area contributed by atoms with E-state index >= 15 is 0 Å². The highest BCUT2D eigenvalue weighted by Crippen LogP contribution is 2.34. The second-order valence-corrected chi connectivity index (χ2v) is 5.89. The lowest BCUT2D eigenvalue weighted by atomic mass is 10.1. The van der Waals surface area contributed by atoms with Crippen LogP contribution in [0.5, 0.6) is 0 Å². The van der Waals surface area contributed by atoms with E-state index in [0.29, 0.717) is 22.4 Å². The lowest BCUT2D eigenvalue weighted by molar-refractivity contribution is 0.148. The predicted octanol–water partition coefficient (Wildman–Crippen LogP) is 3.13. The highest BCUT2D eigenvalue weighted by Gasteiger charge is 2.31. The molecule has 1 aliphatic carbocycles. The minimum atomic E-state index is -0.387. The lowest BCUT2D eigenvalue weighted by Gasteiger charge is -2.07. The second kappa shape index (κ2) is 5.93. The van der Waals surface area contributed by atoms with Crippen LogP contribution in [-0.4, -0.2) is 21.4 Å². The van der Waals surface area contributed by atoms with Gasteiger partial charge in [-0.15, -0.1) is 11.8 Å². The second-order valence-electron chi connectivity index (χ2n) is 4.87. The SMILES string of the molecule is OC1CCCC1c1nc(CSc2ccccc2F)no1. The Balaban J connectivity index is 1.64. The fourth-order valence-corrected chi connectivity index (χ4v) is 3.19. The van der Waals surface area contributed by atoms with E-state index < -0.39 is 0 Å². The molecule has 1 saturated carbocycles. The zero-order chi connectivity index (χ0) is 13.9. The number of rotatable bonds is 4. The van der Waals surface area contributed by atoms with Crippen molar-refractivity contribution in [2.75, 3.05) is 0 Å². The summed E-state index contributed by atoms with van der Waals surface area (Å²) < 4.78 is 18.7. The number of aliphatic hydroxyl groups is 1. The Hall–Kier alpha value is -1.40. The van der Waals surface area contributed by atoms with Crippen LogP contribution in [0.1, 0.15) is 36.9 Å². The maximum absolute atomic E-state index is 13.5. The van der Waals surface area contributed by atoms with Gasteiger partial charge in [0, 0.05) is 4.90 Å². The zero-order valence-corrected chi connectivity index (χ0v) is 11.6. The maximum Gasteiger partial charge on any atom is 0.232 e. The molecule has 1 aromatic heterocycles. The van der Waals surface area contributed by atoms with E-state index in [2.05, 4.69) is 10.1 Å². The topological polar surface area (TPSA) is 59.2 Å². The van der Waals surface area contributed by atoms with Gasteiger partial charge in [-0.3, -0.25) is 0 Å². The first kappa shape index (κ1) is 13.6. The fraction of sp³-hybridized carbons (Fsp3) is 0.429. The Morgan fingerprint density at radius 3 is 2.95 bits per heavy atom. The molecule has 1 heterocycles. The molecular formula is C14H15FN2O2S. The molecule has 1 aliphatic rings. The van der Waals surface area contributed by atoms with Gasteiger partial charge in [0.05, 0.1) is 17.8 Å². The predicted molar refractivity (Wildman–Crippen MR) is 72.9 cm³/mol. The van der Waals surface area contributed by atoms with Gasteiger partial charge in [-0.1, -0.05) is 17.3 Å². The Morgan fingerprint density at radius 1 is 1.35 bits per heavy atom. The average Bonchev–Trinajstić information content (AvgIpc) is 3.06. The number of hydrogen-bond acceptors (Lipinski definition) is 5. The molecule has 0 radical (unpaired) electrons. The minimum absolute atomic E-state index is 0.0466. The number of thioether (sulfide) groups is 1. The summed E-state index contributed by atoms with van der Waals surface area (Å²) in [4.78, 5) is 4.88. The molecule has 2 unspecified atom stereocenters. The van der Waals surface area contributed by atoms with Crippen LogP contribution in [0.2, 0.25) is 0 Å².